The maximum Gasteiger partial charge on any atom is 0.287 e. The topological polar surface area (TPSA) is 49.3 Å². The monoisotopic (exact) mass is 221 g/mol. The van der Waals surface area contributed by atoms with Crippen LogP contribution in [0.3, 0.4) is 0 Å². The summed E-state index contributed by atoms with van der Waals surface area (Å²) in [7, 11) is 0. The molecule has 0 spiro atoms. The second-order valence-corrected chi connectivity index (χ2v) is 3.49. The van der Waals surface area contributed by atoms with Crippen molar-refractivity contribution in [2.45, 2.75) is 5.92 Å². The highest BCUT2D eigenvalue weighted by atomic mass is 32.1. The lowest BCUT2D eigenvalue weighted by molar-refractivity contribution is -0.0461. The molecule has 0 saturated heterocycles. The van der Waals surface area contributed by atoms with Gasteiger partial charge in [0.1, 0.15) is 6.61 Å². The van der Waals surface area contributed by atoms with Crippen LogP contribution in [0.2, 0.25) is 0 Å². The molecular formula is C8H9F2NO2S. The first kappa shape index (κ1) is 11.1. The molecule has 0 fully saturated rings. The molecule has 0 aliphatic heterocycles. The van der Waals surface area contributed by atoms with E-state index in [1.54, 1.807) is 10.8 Å². The summed E-state index contributed by atoms with van der Waals surface area (Å²) in [5.41, 5.74) is 0.351. The number of alkyl halides is 2. The number of aliphatic hydroxyl groups excluding tert-OH is 1. The number of hydrogen-bond acceptors (Lipinski definition) is 3. The molecule has 1 aromatic rings. The lowest BCUT2D eigenvalue weighted by atomic mass is 10.3. The standard InChI is InChI=1S/C8H9F2NO2S/c9-8(10,5-12)4-11-7(13)6-1-2-14-3-6/h1-3,12H,4-5H2,(H,11,13). The highest BCUT2D eigenvalue weighted by Gasteiger charge is 2.28. The van der Waals surface area contributed by atoms with Crippen molar-refractivity contribution in [2.75, 3.05) is 13.2 Å². The van der Waals surface area contributed by atoms with Crippen LogP contribution in [0.4, 0.5) is 8.78 Å². The number of aliphatic hydroxyl groups is 1. The smallest absolute Gasteiger partial charge is 0.287 e. The van der Waals surface area contributed by atoms with E-state index in [-0.39, 0.29) is 0 Å². The molecule has 0 saturated carbocycles. The molecular weight excluding hydrogens is 212 g/mol. The average molecular weight is 221 g/mol. The van der Waals surface area contributed by atoms with Crippen LogP contribution in [0.15, 0.2) is 16.8 Å². The fourth-order valence-corrected chi connectivity index (χ4v) is 1.40. The summed E-state index contributed by atoms with van der Waals surface area (Å²) in [6, 6.07) is 1.54. The second-order valence-electron chi connectivity index (χ2n) is 2.71. The van der Waals surface area contributed by atoms with Gasteiger partial charge in [-0.25, -0.2) is 8.78 Å². The molecule has 0 atom stereocenters. The number of hydrogen-bond donors (Lipinski definition) is 2. The highest BCUT2D eigenvalue weighted by Crippen LogP contribution is 2.11. The van der Waals surface area contributed by atoms with Crippen molar-refractivity contribution in [3.63, 3.8) is 0 Å². The van der Waals surface area contributed by atoms with Crippen LogP contribution < -0.4 is 5.32 Å². The Hall–Kier alpha value is -1.01. The van der Waals surface area contributed by atoms with Gasteiger partial charge in [-0.3, -0.25) is 4.79 Å². The lowest BCUT2D eigenvalue weighted by Gasteiger charge is -2.13. The Kier molecular flexibility index (Phi) is 3.54. The summed E-state index contributed by atoms with van der Waals surface area (Å²) < 4.78 is 25.0. The lowest BCUT2D eigenvalue weighted by Crippen LogP contribution is -2.38. The molecule has 0 aliphatic carbocycles. The summed E-state index contributed by atoms with van der Waals surface area (Å²) in [5.74, 6) is -3.81. The first-order valence-electron chi connectivity index (χ1n) is 3.84. The van der Waals surface area contributed by atoms with Crippen molar-refractivity contribution in [1.29, 1.82) is 0 Å². The van der Waals surface area contributed by atoms with E-state index >= 15 is 0 Å². The van der Waals surface area contributed by atoms with Crippen molar-refractivity contribution >= 4 is 17.2 Å². The SMILES string of the molecule is O=C(NCC(F)(F)CO)c1ccsc1. The molecule has 1 aromatic heterocycles. The maximum absolute atomic E-state index is 12.5. The van der Waals surface area contributed by atoms with Gasteiger partial charge in [0.15, 0.2) is 0 Å². The number of carbonyl (C=O) groups is 1. The van der Waals surface area contributed by atoms with Crippen LogP contribution in [-0.2, 0) is 0 Å². The van der Waals surface area contributed by atoms with E-state index in [1.165, 1.54) is 17.4 Å². The molecule has 0 unspecified atom stereocenters. The van der Waals surface area contributed by atoms with Crippen LogP contribution in [0.1, 0.15) is 10.4 Å². The van der Waals surface area contributed by atoms with Gasteiger partial charge >= 0.3 is 0 Å². The van der Waals surface area contributed by atoms with E-state index in [2.05, 4.69) is 0 Å². The first-order chi connectivity index (χ1) is 6.55. The zero-order chi connectivity index (χ0) is 10.6. The summed E-state index contributed by atoms with van der Waals surface area (Å²) in [5, 5.41) is 13.5. The molecule has 1 rings (SSSR count). The van der Waals surface area contributed by atoms with Crippen LogP contribution >= 0.6 is 11.3 Å². The van der Waals surface area contributed by atoms with E-state index in [0.29, 0.717) is 5.56 Å². The van der Waals surface area contributed by atoms with Crippen LogP contribution in [0.5, 0.6) is 0 Å². The molecule has 3 nitrogen and oxygen atoms in total. The van der Waals surface area contributed by atoms with E-state index < -0.39 is 25.0 Å². The Morgan fingerprint density at radius 3 is 2.86 bits per heavy atom. The van der Waals surface area contributed by atoms with Crippen LogP contribution in [-0.4, -0.2) is 30.1 Å². The normalized spacial score (nSPS) is 11.4. The van der Waals surface area contributed by atoms with Gasteiger partial charge in [0.25, 0.3) is 11.8 Å². The van der Waals surface area contributed by atoms with Crippen LogP contribution in [0, 0.1) is 0 Å². The van der Waals surface area contributed by atoms with Gasteiger partial charge in [-0.2, -0.15) is 11.3 Å². The number of amides is 1. The fourth-order valence-electron chi connectivity index (χ4n) is 0.761. The van der Waals surface area contributed by atoms with Crippen molar-refractivity contribution < 1.29 is 18.7 Å². The average Bonchev–Trinajstić information content (AvgIpc) is 2.67. The Labute approximate surface area is 83.4 Å². The van der Waals surface area contributed by atoms with E-state index in [1.807, 2.05) is 5.32 Å². The van der Waals surface area contributed by atoms with E-state index in [0.717, 1.165) is 0 Å². The minimum Gasteiger partial charge on any atom is -0.390 e. The van der Waals surface area contributed by atoms with Gasteiger partial charge in [-0.05, 0) is 11.4 Å². The Morgan fingerprint density at radius 2 is 2.36 bits per heavy atom. The predicted octanol–water partition coefficient (Wildman–Crippen LogP) is 1.11. The van der Waals surface area contributed by atoms with Crippen molar-refractivity contribution in [3.8, 4) is 0 Å². The largest absolute Gasteiger partial charge is 0.390 e. The molecule has 0 aliphatic rings. The molecule has 2 N–H and O–H groups in total. The third-order valence-corrected chi connectivity index (χ3v) is 2.21. The quantitative estimate of drug-likeness (QED) is 0.800. The highest BCUT2D eigenvalue weighted by molar-refractivity contribution is 7.08. The Morgan fingerprint density at radius 1 is 1.64 bits per heavy atom. The zero-order valence-electron chi connectivity index (χ0n) is 7.17. The van der Waals surface area contributed by atoms with Gasteiger partial charge in [0, 0.05) is 10.9 Å². The number of carbonyl (C=O) groups excluding carboxylic acids is 1. The summed E-state index contributed by atoms with van der Waals surface area (Å²) >= 11 is 1.31. The van der Waals surface area contributed by atoms with Gasteiger partial charge in [-0.15, -0.1) is 0 Å². The molecule has 1 amide bonds. The molecule has 0 radical (unpaired) electrons. The fraction of sp³-hybridized carbons (Fsp3) is 0.375. The van der Waals surface area contributed by atoms with Gasteiger partial charge in [0.05, 0.1) is 6.54 Å². The Balaban J connectivity index is 2.43. The Bertz CT molecular complexity index is 300. The van der Waals surface area contributed by atoms with E-state index in [4.69, 9.17) is 5.11 Å². The van der Waals surface area contributed by atoms with Crippen molar-refractivity contribution in [1.82, 2.24) is 5.32 Å². The second kappa shape index (κ2) is 4.47. The predicted molar refractivity (Wildman–Crippen MR) is 48.7 cm³/mol. The van der Waals surface area contributed by atoms with Gasteiger partial charge in [-0.1, -0.05) is 0 Å². The number of halogens is 2. The third kappa shape index (κ3) is 3.04. The maximum atomic E-state index is 12.5. The molecule has 14 heavy (non-hydrogen) atoms. The van der Waals surface area contributed by atoms with Gasteiger partial charge in [0.2, 0.25) is 0 Å². The number of nitrogens with one attached hydrogen (secondary N) is 1. The summed E-state index contributed by atoms with van der Waals surface area (Å²) in [6.07, 6.45) is 0. The van der Waals surface area contributed by atoms with Crippen molar-refractivity contribution in [2.24, 2.45) is 0 Å². The summed E-state index contributed by atoms with van der Waals surface area (Å²) in [4.78, 5) is 11.1. The zero-order valence-corrected chi connectivity index (χ0v) is 7.98. The summed E-state index contributed by atoms with van der Waals surface area (Å²) in [6.45, 7) is -2.12. The molecule has 0 aromatic carbocycles. The van der Waals surface area contributed by atoms with Gasteiger partial charge < -0.3 is 10.4 Å². The first-order valence-corrected chi connectivity index (χ1v) is 4.78. The molecule has 78 valence electrons. The minimum atomic E-state index is -3.26. The number of thiophene rings is 1. The third-order valence-electron chi connectivity index (χ3n) is 1.52. The van der Waals surface area contributed by atoms with Crippen LogP contribution in [0.25, 0.3) is 0 Å². The van der Waals surface area contributed by atoms with E-state index in [9.17, 15) is 13.6 Å². The number of rotatable bonds is 4. The molecule has 6 heteroatoms. The van der Waals surface area contributed by atoms with Crippen molar-refractivity contribution in [3.05, 3.63) is 22.4 Å². The minimum absolute atomic E-state index is 0.351. The molecule has 0 bridgehead atoms. The molecule has 1 heterocycles.